The average molecular weight is 266 g/mol. The van der Waals surface area contributed by atoms with E-state index in [2.05, 4.69) is 4.98 Å². The van der Waals surface area contributed by atoms with Crippen LogP contribution in [0.4, 0.5) is 0 Å². The predicted octanol–water partition coefficient (Wildman–Crippen LogP) is 1.53. The second kappa shape index (κ2) is 7.61. The number of amides is 1. The Hall–Kier alpha value is -1.78. The molecule has 0 aromatic carbocycles. The van der Waals surface area contributed by atoms with E-state index in [1.807, 2.05) is 12.3 Å². The van der Waals surface area contributed by atoms with Gasteiger partial charge in [0.05, 0.1) is 13.0 Å². The Morgan fingerprint density at radius 1 is 1.26 bits per heavy atom. The highest BCUT2D eigenvalue weighted by atomic mass is 16.5. The summed E-state index contributed by atoms with van der Waals surface area (Å²) in [6, 6.07) is 2.00. The van der Waals surface area contributed by atoms with E-state index in [1.165, 1.54) is 0 Å². The first-order chi connectivity index (χ1) is 9.02. The van der Waals surface area contributed by atoms with Gasteiger partial charge in [0.25, 0.3) is 0 Å². The molecule has 1 aromatic rings. The molecule has 0 spiro atoms. The van der Waals surface area contributed by atoms with Crippen LogP contribution in [0.2, 0.25) is 0 Å². The summed E-state index contributed by atoms with van der Waals surface area (Å²) < 4.78 is 4.87. The summed E-state index contributed by atoms with van der Waals surface area (Å²) in [7, 11) is 3.51. The summed E-state index contributed by atoms with van der Waals surface area (Å²) in [6.45, 7) is 2.22. The Bertz CT molecular complexity index is 424. The van der Waals surface area contributed by atoms with Gasteiger partial charge in [0.1, 0.15) is 0 Å². The minimum atomic E-state index is -0.179. The van der Waals surface area contributed by atoms with Gasteiger partial charge in [-0.15, -0.1) is 0 Å². The first kappa shape index (κ1) is 15.3. The topological polar surface area (TPSA) is 62.4 Å². The van der Waals surface area contributed by atoms with E-state index in [0.717, 1.165) is 11.3 Å². The number of ether oxygens (including phenoxy) is 1. The normalized spacial score (nSPS) is 10.3. The highest BCUT2D eigenvalue weighted by Gasteiger charge is 2.07. The van der Waals surface area contributed by atoms with Crippen molar-refractivity contribution >= 4 is 11.9 Å². The first-order valence-electron chi connectivity index (χ1n) is 6.55. The quantitative estimate of drug-likeness (QED) is 0.761. The van der Waals surface area contributed by atoms with E-state index in [-0.39, 0.29) is 11.9 Å². The van der Waals surface area contributed by atoms with Gasteiger partial charge in [0.2, 0.25) is 5.91 Å². The minimum Gasteiger partial charge on any atom is -0.466 e. The van der Waals surface area contributed by atoms with Gasteiger partial charge in [0.15, 0.2) is 0 Å². The number of aryl methyl sites for hydroxylation is 2. The third-order valence-electron chi connectivity index (χ3n) is 2.83. The zero-order chi connectivity index (χ0) is 14.3. The summed E-state index contributed by atoms with van der Waals surface area (Å²) in [6.07, 6.45) is 4.13. The maximum Gasteiger partial charge on any atom is 0.306 e. The van der Waals surface area contributed by atoms with Crippen molar-refractivity contribution in [3.8, 4) is 0 Å². The number of nitrogens with one attached hydrogen (secondary N) is 1. The molecule has 0 radical (unpaired) electrons. The van der Waals surface area contributed by atoms with Crippen LogP contribution in [0.3, 0.4) is 0 Å². The zero-order valence-electron chi connectivity index (χ0n) is 11.9. The molecule has 1 rings (SSSR count). The number of carbonyl (C=O) groups excluding carboxylic acids is 2. The third kappa shape index (κ3) is 5.59. The lowest BCUT2D eigenvalue weighted by atomic mass is 10.1. The van der Waals surface area contributed by atoms with Crippen LogP contribution >= 0.6 is 0 Å². The fraction of sp³-hybridized carbons (Fsp3) is 0.571. The Morgan fingerprint density at radius 3 is 2.63 bits per heavy atom. The SMILES string of the molecule is CCOC(=O)CCc1cc(CCC(=O)N(C)C)c[nH]1. The van der Waals surface area contributed by atoms with Crippen molar-refractivity contribution < 1.29 is 14.3 Å². The molecule has 1 heterocycles. The van der Waals surface area contributed by atoms with E-state index in [1.54, 1.807) is 25.9 Å². The molecule has 5 nitrogen and oxygen atoms in total. The van der Waals surface area contributed by atoms with Crippen molar-refractivity contribution in [1.29, 1.82) is 0 Å². The highest BCUT2D eigenvalue weighted by molar-refractivity contribution is 5.75. The fourth-order valence-electron chi connectivity index (χ4n) is 1.73. The van der Waals surface area contributed by atoms with Gasteiger partial charge in [-0.1, -0.05) is 0 Å². The zero-order valence-corrected chi connectivity index (χ0v) is 11.9. The van der Waals surface area contributed by atoms with Gasteiger partial charge in [0, 0.05) is 32.4 Å². The van der Waals surface area contributed by atoms with E-state index in [4.69, 9.17) is 4.74 Å². The summed E-state index contributed by atoms with van der Waals surface area (Å²) in [5.74, 6) is -0.0595. The van der Waals surface area contributed by atoms with Crippen molar-refractivity contribution in [2.45, 2.75) is 32.6 Å². The Morgan fingerprint density at radius 2 is 2.00 bits per heavy atom. The molecule has 1 aromatic heterocycles. The van der Waals surface area contributed by atoms with Crippen molar-refractivity contribution in [2.75, 3.05) is 20.7 Å². The minimum absolute atomic E-state index is 0.120. The van der Waals surface area contributed by atoms with Gasteiger partial charge >= 0.3 is 5.97 Å². The Kier molecular flexibility index (Phi) is 6.12. The molecule has 0 saturated carbocycles. The number of aromatic nitrogens is 1. The van der Waals surface area contributed by atoms with Crippen molar-refractivity contribution in [1.82, 2.24) is 9.88 Å². The lowest BCUT2D eigenvalue weighted by molar-refractivity contribution is -0.143. The standard InChI is InChI=1S/C14H22N2O3/c1-4-19-14(18)8-6-12-9-11(10-15-12)5-7-13(17)16(2)3/h9-10,15H,4-8H2,1-3H3. The number of esters is 1. The summed E-state index contributed by atoms with van der Waals surface area (Å²) in [5, 5.41) is 0. The first-order valence-corrected chi connectivity index (χ1v) is 6.55. The molecule has 19 heavy (non-hydrogen) atoms. The molecule has 0 fully saturated rings. The van der Waals surface area contributed by atoms with Gasteiger partial charge in [-0.25, -0.2) is 0 Å². The summed E-state index contributed by atoms with van der Waals surface area (Å²) in [4.78, 5) is 27.4. The molecule has 0 atom stereocenters. The maximum atomic E-state index is 11.5. The van der Waals surface area contributed by atoms with Gasteiger partial charge in [-0.3, -0.25) is 9.59 Å². The molecule has 5 heteroatoms. The third-order valence-corrected chi connectivity index (χ3v) is 2.83. The number of aromatic amines is 1. The highest BCUT2D eigenvalue weighted by Crippen LogP contribution is 2.09. The molecule has 0 aliphatic heterocycles. The summed E-state index contributed by atoms with van der Waals surface area (Å²) >= 11 is 0. The molecule has 1 amide bonds. The van der Waals surface area contributed by atoms with E-state index in [0.29, 0.717) is 32.3 Å². The van der Waals surface area contributed by atoms with Crippen LogP contribution in [0.1, 0.15) is 31.0 Å². The average Bonchev–Trinajstić information content (AvgIpc) is 2.81. The second-order valence-corrected chi connectivity index (χ2v) is 4.63. The molecule has 0 saturated heterocycles. The largest absolute Gasteiger partial charge is 0.466 e. The van der Waals surface area contributed by atoms with E-state index >= 15 is 0 Å². The fourth-order valence-corrected chi connectivity index (χ4v) is 1.73. The Balaban J connectivity index is 2.36. The van der Waals surface area contributed by atoms with Crippen LogP contribution in [0.5, 0.6) is 0 Å². The molecular formula is C14H22N2O3. The smallest absolute Gasteiger partial charge is 0.306 e. The number of hydrogen-bond donors (Lipinski definition) is 1. The number of nitrogens with zero attached hydrogens (tertiary/aromatic N) is 1. The van der Waals surface area contributed by atoms with Crippen LogP contribution < -0.4 is 0 Å². The van der Waals surface area contributed by atoms with Crippen LogP contribution in [0.25, 0.3) is 0 Å². The number of carbonyl (C=O) groups is 2. The number of hydrogen-bond acceptors (Lipinski definition) is 3. The Labute approximate surface area is 113 Å². The van der Waals surface area contributed by atoms with Crippen molar-refractivity contribution in [3.05, 3.63) is 23.5 Å². The predicted molar refractivity (Wildman–Crippen MR) is 72.8 cm³/mol. The van der Waals surface area contributed by atoms with Crippen LogP contribution in [-0.2, 0) is 27.2 Å². The molecule has 0 aliphatic rings. The van der Waals surface area contributed by atoms with Crippen LogP contribution in [-0.4, -0.2) is 42.5 Å². The van der Waals surface area contributed by atoms with Gasteiger partial charge in [-0.05, 0) is 31.4 Å². The lowest BCUT2D eigenvalue weighted by Crippen LogP contribution is -2.21. The molecule has 106 valence electrons. The molecule has 0 bridgehead atoms. The van der Waals surface area contributed by atoms with E-state index in [9.17, 15) is 9.59 Å². The van der Waals surface area contributed by atoms with Crippen LogP contribution in [0.15, 0.2) is 12.3 Å². The molecule has 0 aliphatic carbocycles. The van der Waals surface area contributed by atoms with Gasteiger partial charge in [-0.2, -0.15) is 0 Å². The molecule has 0 unspecified atom stereocenters. The lowest BCUT2D eigenvalue weighted by Gasteiger charge is -2.08. The summed E-state index contributed by atoms with van der Waals surface area (Å²) in [5.41, 5.74) is 2.09. The second-order valence-electron chi connectivity index (χ2n) is 4.63. The maximum absolute atomic E-state index is 11.5. The van der Waals surface area contributed by atoms with E-state index < -0.39 is 0 Å². The number of H-pyrrole nitrogens is 1. The number of rotatable bonds is 7. The van der Waals surface area contributed by atoms with Crippen molar-refractivity contribution in [3.63, 3.8) is 0 Å². The van der Waals surface area contributed by atoms with Crippen LogP contribution in [0, 0.1) is 0 Å². The molecular weight excluding hydrogens is 244 g/mol. The van der Waals surface area contributed by atoms with Gasteiger partial charge < -0.3 is 14.6 Å². The van der Waals surface area contributed by atoms with Crippen molar-refractivity contribution in [2.24, 2.45) is 0 Å². The monoisotopic (exact) mass is 266 g/mol. The molecule has 1 N–H and O–H groups in total.